The summed E-state index contributed by atoms with van der Waals surface area (Å²) >= 11 is 0. The van der Waals surface area contributed by atoms with Crippen molar-refractivity contribution in [2.24, 2.45) is 0 Å². The second kappa shape index (κ2) is 7.94. The fourth-order valence-corrected chi connectivity index (χ4v) is 1.43. The Morgan fingerprint density at radius 1 is 1.25 bits per heavy atom. The van der Waals surface area contributed by atoms with Crippen LogP contribution in [0.4, 0.5) is 0 Å². The summed E-state index contributed by atoms with van der Waals surface area (Å²) in [5.41, 5.74) is 1.32. The number of rotatable bonds is 8. The number of benzene rings is 1. The van der Waals surface area contributed by atoms with Gasteiger partial charge in [0, 0.05) is 13.2 Å². The van der Waals surface area contributed by atoms with Crippen LogP contribution in [0, 0.1) is 0 Å². The van der Waals surface area contributed by atoms with E-state index in [9.17, 15) is 0 Å². The molecule has 0 heterocycles. The molecule has 2 nitrogen and oxygen atoms in total. The van der Waals surface area contributed by atoms with Crippen molar-refractivity contribution in [1.82, 2.24) is 0 Å². The lowest BCUT2D eigenvalue weighted by Gasteiger charge is -2.05. The van der Waals surface area contributed by atoms with Crippen molar-refractivity contribution in [1.29, 1.82) is 0 Å². The SMILES string of the molecule is C=CCOc1ccc(CCCOCC)cc1. The van der Waals surface area contributed by atoms with Crippen LogP contribution in [0.15, 0.2) is 36.9 Å². The average Bonchev–Trinajstić information content (AvgIpc) is 2.33. The van der Waals surface area contributed by atoms with E-state index in [1.165, 1.54) is 5.56 Å². The van der Waals surface area contributed by atoms with Crippen LogP contribution in [0.2, 0.25) is 0 Å². The highest BCUT2D eigenvalue weighted by molar-refractivity contribution is 5.27. The molecule has 1 aromatic carbocycles. The topological polar surface area (TPSA) is 18.5 Å². The summed E-state index contributed by atoms with van der Waals surface area (Å²) in [7, 11) is 0. The van der Waals surface area contributed by atoms with E-state index in [-0.39, 0.29) is 0 Å². The molecule has 0 spiro atoms. The molecule has 88 valence electrons. The molecule has 0 amide bonds. The molecular formula is C14H20O2. The molecular weight excluding hydrogens is 200 g/mol. The van der Waals surface area contributed by atoms with Gasteiger partial charge in [-0.15, -0.1) is 0 Å². The van der Waals surface area contributed by atoms with Gasteiger partial charge in [0.15, 0.2) is 0 Å². The minimum Gasteiger partial charge on any atom is -0.490 e. The highest BCUT2D eigenvalue weighted by Gasteiger charge is 1.95. The smallest absolute Gasteiger partial charge is 0.119 e. The molecule has 16 heavy (non-hydrogen) atoms. The van der Waals surface area contributed by atoms with Gasteiger partial charge in [-0.1, -0.05) is 24.8 Å². The summed E-state index contributed by atoms with van der Waals surface area (Å²) in [4.78, 5) is 0. The van der Waals surface area contributed by atoms with Gasteiger partial charge in [-0.3, -0.25) is 0 Å². The van der Waals surface area contributed by atoms with E-state index in [0.717, 1.165) is 31.8 Å². The standard InChI is InChI=1S/C14H20O2/c1-3-11-16-14-9-7-13(8-10-14)6-5-12-15-4-2/h3,7-10H,1,4-6,11-12H2,2H3. The molecule has 0 atom stereocenters. The van der Waals surface area contributed by atoms with Crippen LogP contribution in [0.25, 0.3) is 0 Å². The van der Waals surface area contributed by atoms with Crippen molar-refractivity contribution in [3.05, 3.63) is 42.5 Å². The van der Waals surface area contributed by atoms with Crippen molar-refractivity contribution in [3.8, 4) is 5.75 Å². The fourth-order valence-electron chi connectivity index (χ4n) is 1.43. The molecule has 0 aliphatic heterocycles. The van der Waals surface area contributed by atoms with Crippen LogP contribution in [-0.4, -0.2) is 19.8 Å². The summed E-state index contributed by atoms with van der Waals surface area (Å²) in [6.45, 7) is 7.83. The zero-order valence-corrected chi connectivity index (χ0v) is 9.95. The maximum atomic E-state index is 5.41. The molecule has 0 radical (unpaired) electrons. The van der Waals surface area contributed by atoms with Gasteiger partial charge in [0.2, 0.25) is 0 Å². The maximum Gasteiger partial charge on any atom is 0.119 e. The van der Waals surface area contributed by atoms with Crippen molar-refractivity contribution in [2.75, 3.05) is 19.8 Å². The molecule has 0 fully saturated rings. The zero-order valence-electron chi connectivity index (χ0n) is 9.95. The van der Waals surface area contributed by atoms with Gasteiger partial charge in [0.05, 0.1) is 0 Å². The van der Waals surface area contributed by atoms with Crippen LogP contribution in [0.1, 0.15) is 18.9 Å². The molecule has 0 aromatic heterocycles. The van der Waals surface area contributed by atoms with Gasteiger partial charge in [-0.05, 0) is 37.5 Å². The Balaban J connectivity index is 2.30. The van der Waals surface area contributed by atoms with Crippen LogP contribution >= 0.6 is 0 Å². The number of hydrogen-bond donors (Lipinski definition) is 0. The first-order valence-electron chi connectivity index (χ1n) is 5.77. The Bertz CT molecular complexity index is 290. The third-order valence-corrected chi connectivity index (χ3v) is 2.25. The third-order valence-electron chi connectivity index (χ3n) is 2.25. The second-order valence-corrected chi connectivity index (χ2v) is 3.54. The highest BCUT2D eigenvalue weighted by Crippen LogP contribution is 2.13. The Hall–Kier alpha value is -1.28. The molecule has 0 aliphatic rings. The molecule has 0 aliphatic carbocycles. The first-order chi connectivity index (χ1) is 7.86. The minimum absolute atomic E-state index is 0.559. The Morgan fingerprint density at radius 2 is 2.00 bits per heavy atom. The van der Waals surface area contributed by atoms with Crippen molar-refractivity contribution >= 4 is 0 Å². The van der Waals surface area contributed by atoms with Gasteiger partial charge in [0.25, 0.3) is 0 Å². The maximum absolute atomic E-state index is 5.41. The van der Waals surface area contributed by atoms with E-state index < -0.39 is 0 Å². The summed E-state index contributed by atoms with van der Waals surface area (Å²) in [6.07, 6.45) is 3.87. The van der Waals surface area contributed by atoms with Crippen LogP contribution in [-0.2, 0) is 11.2 Å². The number of hydrogen-bond acceptors (Lipinski definition) is 2. The van der Waals surface area contributed by atoms with E-state index in [4.69, 9.17) is 9.47 Å². The predicted octanol–water partition coefficient (Wildman–Crippen LogP) is 3.22. The first kappa shape index (κ1) is 12.8. The summed E-state index contributed by atoms with van der Waals surface area (Å²) < 4.78 is 10.7. The van der Waals surface area contributed by atoms with E-state index in [0.29, 0.717) is 6.61 Å². The normalized spacial score (nSPS) is 10.1. The molecule has 0 saturated heterocycles. The largest absolute Gasteiger partial charge is 0.490 e. The monoisotopic (exact) mass is 220 g/mol. The summed E-state index contributed by atoms with van der Waals surface area (Å²) in [6, 6.07) is 8.20. The van der Waals surface area contributed by atoms with Crippen molar-refractivity contribution in [3.63, 3.8) is 0 Å². The van der Waals surface area contributed by atoms with Crippen LogP contribution < -0.4 is 4.74 Å². The first-order valence-corrected chi connectivity index (χ1v) is 5.77. The minimum atomic E-state index is 0.559. The molecule has 0 saturated carbocycles. The van der Waals surface area contributed by atoms with Gasteiger partial charge in [0.1, 0.15) is 12.4 Å². The Labute approximate surface area is 97.9 Å². The van der Waals surface area contributed by atoms with Gasteiger partial charge in [-0.25, -0.2) is 0 Å². The number of ether oxygens (including phenoxy) is 2. The van der Waals surface area contributed by atoms with Crippen molar-refractivity contribution in [2.45, 2.75) is 19.8 Å². The van der Waals surface area contributed by atoms with E-state index >= 15 is 0 Å². The quantitative estimate of drug-likeness (QED) is 0.494. The fraction of sp³-hybridized carbons (Fsp3) is 0.429. The molecule has 2 heteroatoms. The van der Waals surface area contributed by atoms with E-state index in [1.807, 2.05) is 19.1 Å². The van der Waals surface area contributed by atoms with Crippen molar-refractivity contribution < 1.29 is 9.47 Å². The third kappa shape index (κ3) is 4.99. The lowest BCUT2D eigenvalue weighted by Crippen LogP contribution is -1.96. The highest BCUT2D eigenvalue weighted by atomic mass is 16.5. The van der Waals surface area contributed by atoms with Gasteiger partial charge >= 0.3 is 0 Å². The molecule has 0 N–H and O–H groups in total. The summed E-state index contributed by atoms with van der Waals surface area (Å²) in [5, 5.41) is 0. The molecule has 1 aromatic rings. The Kier molecular flexibility index (Phi) is 6.35. The van der Waals surface area contributed by atoms with E-state index in [1.54, 1.807) is 6.08 Å². The van der Waals surface area contributed by atoms with Gasteiger partial charge < -0.3 is 9.47 Å². The Morgan fingerprint density at radius 3 is 2.62 bits per heavy atom. The molecule has 0 unspecified atom stereocenters. The van der Waals surface area contributed by atoms with Crippen LogP contribution in [0.5, 0.6) is 5.75 Å². The van der Waals surface area contributed by atoms with E-state index in [2.05, 4.69) is 18.7 Å². The molecule has 1 rings (SSSR count). The lowest BCUT2D eigenvalue weighted by molar-refractivity contribution is 0.145. The second-order valence-electron chi connectivity index (χ2n) is 3.54. The van der Waals surface area contributed by atoms with Crippen LogP contribution in [0.3, 0.4) is 0 Å². The number of aryl methyl sites for hydroxylation is 1. The predicted molar refractivity (Wildman–Crippen MR) is 66.9 cm³/mol. The zero-order chi connectivity index (χ0) is 11.6. The lowest BCUT2D eigenvalue weighted by atomic mass is 10.1. The molecule has 0 bridgehead atoms. The van der Waals surface area contributed by atoms with Gasteiger partial charge in [-0.2, -0.15) is 0 Å². The average molecular weight is 220 g/mol. The summed E-state index contributed by atoms with van der Waals surface area (Å²) in [5.74, 6) is 0.897.